The molecule has 1 aliphatic carbocycles. The molecule has 1 fully saturated rings. The first-order valence-corrected chi connectivity index (χ1v) is 8.99. The van der Waals surface area contributed by atoms with Crippen LogP contribution < -0.4 is 10.0 Å². The van der Waals surface area contributed by atoms with Crippen molar-refractivity contribution in [2.75, 3.05) is 4.72 Å². The van der Waals surface area contributed by atoms with Crippen molar-refractivity contribution in [1.82, 2.24) is 5.32 Å². The highest BCUT2D eigenvalue weighted by atomic mass is 35.5. The molecule has 0 bridgehead atoms. The first-order chi connectivity index (χ1) is 10.9. The van der Waals surface area contributed by atoms with Crippen molar-refractivity contribution in [2.24, 2.45) is 0 Å². The zero-order valence-electron chi connectivity index (χ0n) is 12.1. The van der Waals surface area contributed by atoms with Gasteiger partial charge in [0.25, 0.3) is 15.9 Å². The molecule has 0 heterocycles. The van der Waals surface area contributed by atoms with Crippen LogP contribution in [0.3, 0.4) is 0 Å². The Kier molecular flexibility index (Phi) is 4.28. The summed E-state index contributed by atoms with van der Waals surface area (Å²) in [7, 11) is -3.71. The molecule has 5 nitrogen and oxygen atoms in total. The summed E-state index contributed by atoms with van der Waals surface area (Å²) in [6.07, 6.45) is 2.03. The van der Waals surface area contributed by atoms with E-state index in [-0.39, 0.29) is 16.8 Å². The van der Waals surface area contributed by atoms with Gasteiger partial charge in [0.2, 0.25) is 0 Å². The second-order valence-corrected chi connectivity index (χ2v) is 7.51. The highest BCUT2D eigenvalue weighted by Gasteiger charge is 2.23. The molecule has 7 heteroatoms. The minimum Gasteiger partial charge on any atom is -0.349 e. The van der Waals surface area contributed by atoms with Gasteiger partial charge in [0.1, 0.15) is 0 Å². The van der Waals surface area contributed by atoms with Gasteiger partial charge < -0.3 is 5.32 Å². The molecule has 1 amide bonds. The van der Waals surface area contributed by atoms with Crippen molar-refractivity contribution in [2.45, 2.75) is 23.8 Å². The van der Waals surface area contributed by atoms with Gasteiger partial charge in [-0.25, -0.2) is 8.42 Å². The number of carbonyl (C=O) groups excluding carboxylic acids is 1. The van der Waals surface area contributed by atoms with Crippen LogP contribution in [0.25, 0.3) is 0 Å². The van der Waals surface area contributed by atoms with Crippen molar-refractivity contribution in [3.05, 3.63) is 59.1 Å². The van der Waals surface area contributed by atoms with Gasteiger partial charge in [-0.05, 0) is 55.3 Å². The molecule has 0 aliphatic heterocycles. The summed E-state index contributed by atoms with van der Waals surface area (Å²) in [6.45, 7) is 0. The summed E-state index contributed by atoms with van der Waals surface area (Å²) in [5.74, 6) is -0.142. The Morgan fingerprint density at radius 2 is 1.78 bits per heavy atom. The van der Waals surface area contributed by atoms with Gasteiger partial charge in [-0.2, -0.15) is 0 Å². The van der Waals surface area contributed by atoms with E-state index in [0.29, 0.717) is 16.3 Å². The normalized spacial score (nSPS) is 14.3. The summed E-state index contributed by atoms with van der Waals surface area (Å²) in [5.41, 5.74) is 0.885. The molecule has 2 aromatic rings. The summed E-state index contributed by atoms with van der Waals surface area (Å²) in [6, 6.07) is 12.6. The van der Waals surface area contributed by atoms with Gasteiger partial charge in [0.05, 0.1) is 4.90 Å². The number of hydrogen-bond acceptors (Lipinski definition) is 3. The number of benzene rings is 2. The minimum absolute atomic E-state index is 0.0838. The third-order valence-electron chi connectivity index (χ3n) is 3.42. The quantitative estimate of drug-likeness (QED) is 0.870. The van der Waals surface area contributed by atoms with E-state index in [1.807, 2.05) is 0 Å². The van der Waals surface area contributed by atoms with E-state index < -0.39 is 10.0 Å². The van der Waals surface area contributed by atoms with Gasteiger partial charge in [-0.3, -0.25) is 9.52 Å². The van der Waals surface area contributed by atoms with Crippen molar-refractivity contribution in [3.63, 3.8) is 0 Å². The Morgan fingerprint density at radius 3 is 2.39 bits per heavy atom. The Hall–Kier alpha value is -2.05. The summed E-state index contributed by atoms with van der Waals surface area (Å²) < 4.78 is 27.0. The number of rotatable bonds is 5. The van der Waals surface area contributed by atoms with Crippen LogP contribution in [-0.4, -0.2) is 20.4 Å². The molecule has 0 radical (unpaired) electrons. The van der Waals surface area contributed by atoms with E-state index in [2.05, 4.69) is 10.0 Å². The second kappa shape index (κ2) is 6.22. The van der Waals surface area contributed by atoms with Gasteiger partial charge in [-0.15, -0.1) is 0 Å². The summed E-state index contributed by atoms with van der Waals surface area (Å²) in [5, 5.41) is 3.22. The van der Waals surface area contributed by atoms with Crippen molar-refractivity contribution < 1.29 is 13.2 Å². The lowest BCUT2D eigenvalue weighted by Gasteiger charge is -2.09. The third kappa shape index (κ3) is 4.03. The van der Waals surface area contributed by atoms with Gasteiger partial charge in [0, 0.05) is 22.3 Å². The van der Waals surface area contributed by atoms with E-state index in [9.17, 15) is 13.2 Å². The number of halogens is 1. The summed E-state index contributed by atoms with van der Waals surface area (Å²) in [4.78, 5) is 12.0. The van der Waals surface area contributed by atoms with E-state index in [1.165, 1.54) is 12.1 Å². The van der Waals surface area contributed by atoms with E-state index in [0.717, 1.165) is 12.8 Å². The average Bonchev–Trinajstić information content (AvgIpc) is 3.31. The maximum Gasteiger partial charge on any atom is 0.261 e. The number of carbonyl (C=O) groups is 1. The maximum atomic E-state index is 12.3. The van der Waals surface area contributed by atoms with Gasteiger partial charge in [0.15, 0.2) is 0 Å². The Morgan fingerprint density at radius 1 is 1.09 bits per heavy atom. The molecule has 2 N–H and O–H groups in total. The van der Waals surface area contributed by atoms with Crippen LogP contribution in [0.1, 0.15) is 23.2 Å². The van der Waals surface area contributed by atoms with Crippen molar-refractivity contribution >= 4 is 33.2 Å². The van der Waals surface area contributed by atoms with Crippen LogP contribution in [0.4, 0.5) is 5.69 Å². The first kappa shape index (κ1) is 15.8. The number of nitrogens with one attached hydrogen (secondary N) is 2. The lowest BCUT2D eigenvalue weighted by atomic mass is 10.2. The maximum absolute atomic E-state index is 12.3. The topological polar surface area (TPSA) is 75.3 Å². The molecular weight excluding hydrogens is 336 g/mol. The minimum atomic E-state index is -3.71. The second-order valence-electron chi connectivity index (χ2n) is 5.39. The molecule has 1 aliphatic rings. The molecule has 0 saturated heterocycles. The van der Waals surface area contributed by atoms with Crippen LogP contribution in [0.15, 0.2) is 53.4 Å². The van der Waals surface area contributed by atoms with Crippen LogP contribution in [0, 0.1) is 0 Å². The molecule has 23 heavy (non-hydrogen) atoms. The molecule has 1 saturated carbocycles. The van der Waals surface area contributed by atoms with Crippen molar-refractivity contribution in [1.29, 1.82) is 0 Å². The fourth-order valence-electron chi connectivity index (χ4n) is 2.03. The number of amides is 1. The van der Waals surface area contributed by atoms with E-state index in [1.54, 1.807) is 36.4 Å². The first-order valence-electron chi connectivity index (χ1n) is 7.13. The van der Waals surface area contributed by atoms with E-state index in [4.69, 9.17) is 11.6 Å². The number of hydrogen-bond donors (Lipinski definition) is 2. The molecule has 0 atom stereocenters. The molecule has 3 rings (SSSR count). The van der Waals surface area contributed by atoms with Crippen LogP contribution in [-0.2, 0) is 10.0 Å². The highest BCUT2D eigenvalue weighted by molar-refractivity contribution is 7.92. The number of anilines is 1. The predicted octanol–water partition coefficient (Wildman–Crippen LogP) is 3.03. The monoisotopic (exact) mass is 350 g/mol. The molecule has 0 unspecified atom stereocenters. The van der Waals surface area contributed by atoms with Crippen molar-refractivity contribution in [3.8, 4) is 0 Å². The summed E-state index contributed by atoms with van der Waals surface area (Å²) >= 11 is 5.82. The zero-order valence-corrected chi connectivity index (χ0v) is 13.7. The SMILES string of the molecule is O=C(NC1CC1)c1ccc(NS(=O)(=O)c2cccc(Cl)c2)cc1. The highest BCUT2D eigenvalue weighted by Crippen LogP contribution is 2.21. The standard InChI is InChI=1S/C16H15ClN2O3S/c17-12-2-1-3-15(10-12)23(21,22)19-14-6-4-11(5-7-14)16(20)18-13-8-9-13/h1-7,10,13,19H,8-9H2,(H,18,20). The fourth-order valence-corrected chi connectivity index (χ4v) is 3.39. The van der Waals surface area contributed by atoms with Crippen LogP contribution in [0.2, 0.25) is 5.02 Å². The van der Waals surface area contributed by atoms with Crippen LogP contribution in [0.5, 0.6) is 0 Å². The fraction of sp³-hybridized carbons (Fsp3) is 0.188. The zero-order chi connectivity index (χ0) is 16.4. The van der Waals surface area contributed by atoms with Crippen LogP contribution >= 0.6 is 11.6 Å². The molecule has 120 valence electrons. The van der Waals surface area contributed by atoms with E-state index >= 15 is 0 Å². The third-order valence-corrected chi connectivity index (χ3v) is 5.03. The Labute approximate surface area is 139 Å². The predicted molar refractivity (Wildman–Crippen MR) is 89.2 cm³/mol. The number of sulfonamides is 1. The largest absolute Gasteiger partial charge is 0.349 e. The lowest BCUT2D eigenvalue weighted by Crippen LogP contribution is -2.25. The molecular formula is C16H15ClN2O3S. The average molecular weight is 351 g/mol. The molecule has 0 aromatic heterocycles. The smallest absolute Gasteiger partial charge is 0.261 e. The molecule has 2 aromatic carbocycles. The van der Waals surface area contributed by atoms with Gasteiger partial charge >= 0.3 is 0 Å². The lowest BCUT2D eigenvalue weighted by molar-refractivity contribution is 0.0951. The Bertz CT molecular complexity index is 831. The van der Waals surface area contributed by atoms with Gasteiger partial charge in [-0.1, -0.05) is 17.7 Å². The molecule has 0 spiro atoms. The Balaban J connectivity index is 1.73.